The molecule has 0 spiro atoms. The first-order chi connectivity index (χ1) is 10.6. The molecule has 1 unspecified atom stereocenters. The van der Waals surface area contributed by atoms with Crippen molar-refractivity contribution in [2.45, 2.75) is 26.4 Å². The Morgan fingerprint density at radius 2 is 1.87 bits per heavy atom. The molecule has 1 fully saturated rings. The molecule has 1 amide bonds. The average Bonchev–Trinajstić information content (AvgIpc) is 2.55. The third kappa shape index (κ3) is 5.77. The fraction of sp³-hybridized carbons (Fsp3) is 0.588. The van der Waals surface area contributed by atoms with E-state index in [2.05, 4.69) is 24.1 Å². The highest BCUT2D eigenvalue weighted by molar-refractivity contribution is 5.94. The summed E-state index contributed by atoms with van der Waals surface area (Å²) < 4.78 is 5.41. The maximum atomic E-state index is 12.3. The van der Waals surface area contributed by atoms with Gasteiger partial charge in [0.25, 0.3) is 5.91 Å². The number of ether oxygens (including phenoxy) is 1. The van der Waals surface area contributed by atoms with Crippen LogP contribution in [-0.2, 0) is 11.3 Å². The summed E-state index contributed by atoms with van der Waals surface area (Å²) in [6.45, 7) is 8.97. The van der Waals surface area contributed by atoms with Crippen molar-refractivity contribution < 1.29 is 9.53 Å². The highest BCUT2D eigenvalue weighted by Gasteiger charge is 2.24. The van der Waals surface area contributed by atoms with Crippen LogP contribution in [0.3, 0.4) is 0 Å². The van der Waals surface area contributed by atoms with Gasteiger partial charge in [0.1, 0.15) is 0 Å². The first-order valence-corrected chi connectivity index (χ1v) is 8.01. The number of halogens is 1. The first-order valence-electron chi connectivity index (χ1n) is 8.01. The van der Waals surface area contributed by atoms with Crippen molar-refractivity contribution in [3.8, 4) is 0 Å². The van der Waals surface area contributed by atoms with Gasteiger partial charge in [-0.05, 0) is 23.6 Å². The molecule has 5 nitrogen and oxygen atoms in total. The zero-order valence-corrected chi connectivity index (χ0v) is 14.8. The second kappa shape index (κ2) is 9.88. The summed E-state index contributed by atoms with van der Waals surface area (Å²) >= 11 is 0. The van der Waals surface area contributed by atoms with E-state index < -0.39 is 0 Å². The Balaban J connectivity index is 0.00000264. The van der Waals surface area contributed by atoms with Crippen LogP contribution in [0.2, 0.25) is 0 Å². The fourth-order valence-corrected chi connectivity index (χ4v) is 2.79. The number of carbonyl (C=O) groups is 1. The van der Waals surface area contributed by atoms with Gasteiger partial charge < -0.3 is 15.8 Å². The number of hydrogen-bond acceptors (Lipinski definition) is 4. The van der Waals surface area contributed by atoms with Crippen LogP contribution in [0.15, 0.2) is 24.3 Å². The van der Waals surface area contributed by atoms with Crippen molar-refractivity contribution in [3.05, 3.63) is 35.4 Å². The topological polar surface area (TPSA) is 67.6 Å². The number of rotatable bonds is 6. The molecule has 0 saturated carbocycles. The molecule has 1 atom stereocenters. The number of nitrogens with zero attached hydrogens (tertiary/aromatic N) is 1. The van der Waals surface area contributed by atoms with Crippen LogP contribution in [-0.4, -0.2) is 49.7 Å². The van der Waals surface area contributed by atoms with Gasteiger partial charge in [0.05, 0.1) is 13.2 Å². The Kier molecular flexibility index (Phi) is 8.55. The smallest absolute Gasteiger partial charge is 0.251 e. The van der Waals surface area contributed by atoms with E-state index in [-0.39, 0.29) is 18.3 Å². The lowest BCUT2D eigenvalue weighted by Gasteiger charge is -2.36. The molecular weight excluding hydrogens is 314 g/mol. The van der Waals surface area contributed by atoms with Crippen LogP contribution >= 0.6 is 12.4 Å². The van der Waals surface area contributed by atoms with Crippen molar-refractivity contribution in [2.75, 3.05) is 32.8 Å². The zero-order valence-electron chi connectivity index (χ0n) is 14.0. The maximum Gasteiger partial charge on any atom is 0.251 e. The monoisotopic (exact) mass is 341 g/mol. The van der Waals surface area contributed by atoms with E-state index in [9.17, 15) is 4.79 Å². The SMILES string of the molecule is CC(C)C(CNC(=O)c1ccc(CN)cc1)N1CCOCC1.Cl. The summed E-state index contributed by atoms with van der Waals surface area (Å²) in [5.74, 6) is 0.459. The van der Waals surface area contributed by atoms with Crippen LogP contribution in [0, 0.1) is 5.92 Å². The van der Waals surface area contributed by atoms with E-state index in [1.165, 1.54) is 0 Å². The van der Waals surface area contributed by atoms with Gasteiger partial charge in [-0.3, -0.25) is 9.69 Å². The molecule has 0 radical (unpaired) electrons. The zero-order chi connectivity index (χ0) is 15.9. The van der Waals surface area contributed by atoms with Crippen molar-refractivity contribution in [1.82, 2.24) is 10.2 Å². The first kappa shape index (κ1) is 19.9. The summed E-state index contributed by atoms with van der Waals surface area (Å²) in [7, 11) is 0. The molecule has 1 aromatic carbocycles. The number of morpholine rings is 1. The molecule has 1 aliphatic rings. The molecule has 3 N–H and O–H groups in total. The molecule has 1 saturated heterocycles. The van der Waals surface area contributed by atoms with Gasteiger partial charge in [0, 0.05) is 37.8 Å². The van der Waals surface area contributed by atoms with Crippen LogP contribution < -0.4 is 11.1 Å². The van der Waals surface area contributed by atoms with E-state index in [0.29, 0.717) is 30.6 Å². The van der Waals surface area contributed by atoms with Gasteiger partial charge in [0.15, 0.2) is 0 Å². The number of nitrogens with one attached hydrogen (secondary N) is 1. The molecular formula is C17H28ClN3O2. The predicted octanol–water partition coefficient (Wildman–Crippen LogP) is 1.65. The van der Waals surface area contributed by atoms with E-state index in [1.807, 2.05) is 24.3 Å². The summed E-state index contributed by atoms with van der Waals surface area (Å²) in [6.07, 6.45) is 0. The van der Waals surface area contributed by atoms with Crippen molar-refractivity contribution in [1.29, 1.82) is 0 Å². The Hall–Kier alpha value is -1.14. The van der Waals surface area contributed by atoms with Gasteiger partial charge in [-0.1, -0.05) is 26.0 Å². The van der Waals surface area contributed by atoms with E-state index in [4.69, 9.17) is 10.5 Å². The lowest BCUT2D eigenvalue weighted by Crippen LogP contribution is -2.51. The van der Waals surface area contributed by atoms with E-state index >= 15 is 0 Å². The molecule has 6 heteroatoms. The summed E-state index contributed by atoms with van der Waals surface area (Å²) in [6, 6.07) is 7.80. The Morgan fingerprint density at radius 1 is 1.26 bits per heavy atom. The largest absolute Gasteiger partial charge is 0.379 e. The average molecular weight is 342 g/mol. The fourth-order valence-electron chi connectivity index (χ4n) is 2.79. The van der Waals surface area contributed by atoms with Crippen LogP contribution in [0.1, 0.15) is 29.8 Å². The molecule has 1 aliphatic heterocycles. The number of nitrogens with two attached hydrogens (primary N) is 1. The number of carbonyl (C=O) groups excluding carboxylic acids is 1. The predicted molar refractivity (Wildman–Crippen MR) is 94.9 cm³/mol. The normalized spacial score (nSPS) is 16.7. The van der Waals surface area contributed by atoms with Gasteiger partial charge in [0.2, 0.25) is 0 Å². The molecule has 2 rings (SSSR count). The van der Waals surface area contributed by atoms with Crippen molar-refractivity contribution in [3.63, 3.8) is 0 Å². The molecule has 130 valence electrons. The number of amides is 1. The lowest BCUT2D eigenvalue weighted by atomic mass is 10.0. The second-order valence-corrected chi connectivity index (χ2v) is 6.07. The third-order valence-electron chi connectivity index (χ3n) is 4.21. The lowest BCUT2D eigenvalue weighted by molar-refractivity contribution is 0.00673. The number of benzene rings is 1. The molecule has 0 bridgehead atoms. The third-order valence-corrected chi connectivity index (χ3v) is 4.21. The highest BCUT2D eigenvalue weighted by Crippen LogP contribution is 2.12. The van der Waals surface area contributed by atoms with Crippen LogP contribution in [0.4, 0.5) is 0 Å². The molecule has 23 heavy (non-hydrogen) atoms. The van der Waals surface area contributed by atoms with Crippen molar-refractivity contribution >= 4 is 18.3 Å². The quantitative estimate of drug-likeness (QED) is 0.825. The summed E-state index contributed by atoms with van der Waals surface area (Å²) in [4.78, 5) is 14.7. The Bertz CT molecular complexity index is 473. The minimum absolute atomic E-state index is 0. The standard InChI is InChI=1S/C17H27N3O2.ClH/c1-13(2)16(20-7-9-22-10-8-20)12-19-17(21)15-5-3-14(11-18)4-6-15;/h3-6,13,16H,7-12,18H2,1-2H3,(H,19,21);1H. The molecule has 0 aromatic heterocycles. The molecule has 1 aromatic rings. The minimum atomic E-state index is -0.0255. The minimum Gasteiger partial charge on any atom is -0.379 e. The molecule has 1 heterocycles. The van der Waals surface area contributed by atoms with Gasteiger partial charge in [-0.2, -0.15) is 0 Å². The van der Waals surface area contributed by atoms with Crippen molar-refractivity contribution in [2.24, 2.45) is 11.7 Å². The highest BCUT2D eigenvalue weighted by atomic mass is 35.5. The maximum absolute atomic E-state index is 12.3. The van der Waals surface area contributed by atoms with E-state index in [0.717, 1.165) is 31.9 Å². The number of hydrogen-bond donors (Lipinski definition) is 2. The Labute approximate surface area is 145 Å². The van der Waals surface area contributed by atoms with Crippen LogP contribution in [0.5, 0.6) is 0 Å². The summed E-state index contributed by atoms with van der Waals surface area (Å²) in [5, 5.41) is 3.06. The van der Waals surface area contributed by atoms with Gasteiger partial charge >= 0.3 is 0 Å². The van der Waals surface area contributed by atoms with Crippen LogP contribution in [0.25, 0.3) is 0 Å². The van der Waals surface area contributed by atoms with Gasteiger partial charge in [-0.15, -0.1) is 12.4 Å². The van der Waals surface area contributed by atoms with E-state index in [1.54, 1.807) is 0 Å². The van der Waals surface area contributed by atoms with Gasteiger partial charge in [-0.25, -0.2) is 0 Å². The second-order valence-electron chi connectivity index (χ2n) is 6.07. The Morgan fingerprint density at radius 3 is 2.39 bits per heavy atom. The summed E-state index contributed by atoms with van der Waals surface area (Å²) in [5.41, 5.74) is 7.29. The molecule has 0 aliphatic carbocycles.